The molecule has 0 unspecified atom stereocenters. The van der Waals surface area contributed by atoms with E-state index in [-0.39, 0.29) is 5.91 Å². The van der Waals surface area contributed by atoms with Crippen molar-refractivity contribution in [3.8, 4) is 0 Å². The van der Waals surface area contributed by atoms with E-state index in [0.717, 1.165) is 6.34 Å². The van der Waals surface area contributed by atoms with Gasteiger partial charge in [-0.2, -0.15) is 4.99 Å². The standard InChI is InChI=1S/C6H7N3O/c7-4-9-6(10)5-2-1-3-8-5/h1-4,8H,(H2,7,9,10). The van der Waals surface area contributed by atoms with Crippen molar-refractivity contribution < 1.29 is 4.79 Å². The first-order valence-corrected chi connectivity index (χ1v) is 2.76. The first kappa shape index (κ1) is 6.54. The molecule has 1 rings (SSSR count). The Bertz CT molecular complexity index is 238. The highest BCUT2D eigenvalue weighted by Gasteiger charge is 2.00. The molecule has 1 heterocycles. The smallest absolute Gasteiger partial charge is 0.294 e. The minimum Gasteiger partial charge on any atom is -0.390 e. The number of aromatic nitrogens is 1. The van der Waals surface area contributed by atoms with E-state index in [1.165, 1.54) is 0 Å². The molecule has 3 N–H and O–H groups in total. The SMILES string of the molecule is NC=NC(=O)c1ccc[nH]1. The van der Waals surface area contributed by atoms with Gasteiger partial charge in [0.25, 0.3) is 5.91 Å². The van der Waals surface area contributed by atoms with Crippen molar-refractivity contribution in [3.63, 3.8) is 0 Å². The summed E-state index contributed by atoms with van der Waals surface area (Å²) in [5.74, 6) is -0.354. The highest BCUT2D eigenvalue weighted by molar-refractivity contribution is 5.96. The fraction of sp³-hybridized carbons (Fsp3) is 0. The number of nitrogens with two attached hydrogens (primary N) is 1. The summed E-state index contributed by atoms with van der Waals surface area (Å²) in [5, 5.41) is 0. The first-order valence-electron chi connectivity index (χ1n) is 2.76. The molecule has 52 valence electrons. The van der Waals surface area contributed by atoms with Crippen molar-refractivity contribution in [2.75, 3.05) is 0 Å². The highest BCUT2D eigenvalue weighted by Crippen LogP contribution is 1.95. The predicted octanol–water partition coefficient (Wildman–Crippen LogP) is 0.142. The lowest BCUT2D eigenvalue weighted by molar-refractivity contribution is 0.0999. The fourth-order valence-electron chi connectivity index (χ4n) is 0.601. The van der Waals surface area contributed by atoms with Gasteiger partial charge in [0.1, 0.15) is 5.69 Å². The highest BCUT2D eigenvalue weighted by atomic mass is 16.1. The van der Waals surface area contributed by atoms with Gasteiger partial charge >= 0.3 is 0 Å². The van der Waals surface area contributed by atoms with E-state index in [1.54, 1.807) is 18.3 Å². The Morgan fingerprint density at radius 3 is 3.10 bits per heavy atom. The minimum atomic E-state index is -0.354. The van der Waals surface area contributed by atoms with Crippen LogP contribution in [0.2, 0.25) is 0 Å². The van der Waals surface area contributed by atoms with E-state index < -0.39 is 0 Å². The molecule has 0 aliphatic rings. The molecule has 0 aromatic carbocycles. The molecule has 1 aromatic heterocycles. The van der Waals surface area contributed by atoms with Crippen LogP contribution in [-0.2, 0) is 0 Å². The molecule has 0 saturated heterocycles. The van der Waals surface area contributed by atoms with Gasteiger partial charge in [0, 0.05) is 6.20 Å². The average molecular weight is 137 g/mol. The lowest BCUT2D eigenvalue weighted by Gasteiger charge is -1.84. The van der Waals surface area contributed by atoms with Gasteiger partial charge in [-0.1, -0.05) is 0 Å². The van der Waals surface area contributed by atoms with E-state index in [2.05, 4.69) is 9.98 Å². The minimum absolute atomic E-state index is 0.354. The third kappa shape index (κ3) is 1.22. The maximum atomic E-state index is 10.8. The van der Waals surface area contributed by atoms with E-state index in [1.807, 2.05) is 0 Å². The number of hydrogen-bond donors (Lipinski definition) is 2. The molecular weight excluding hydrogens is 130 g/mol. The number of carbonyl (C=O) groups excluding carboxylic acids is 1. The monoisotopic (exact) mass is 137 g/mol. The largest absolute Gasteiger partial charge is 0.390 e. The zero-order valence-electron chi connectivity index (χ0n) is 5.24. The quantitative estimate of drug-likeness (QED) is 0.427. The molecule has 0 saturated carbocycles. The lowest BCUT2D eigenvalue weighted by atomic mass is 10.4. The second kappa shape index (κ2) is 2.82. The molecule has 10 heavy (non-hydrogen) atoms. The van der Waals surface area contributed by atoms with Gasteiger partial charge in [-0.3, -0.25) is 4.79 Å². The summed E-state index contributed by atoms with van der Waals surface area (Å²) >= 11 is 0. The number of hydrogen-bond acceptors (Lipinski definition) is 1. The van der Waals surface area contributed by atoms with Gasteiger partial charge in [-0.15, -0.1) is 0 Å². The number of amides is 1. The lowest BCUT2D eigenvalue weighted by Crippen LogP contribution is -1.98. The average Bonchev–Trinajstić information content (AvgIpc) is 2.38. The molecule has 0 aliphatic heterocycles. The summed E-state index contributed by atoms with van der Waals surface area (Å²) < 4.78 is 0. The second-order valence-corrected chi connectivity index (χ2v) is 1.67. The Hall–Kier alpha value is -1.58. The molecule has 0 aliphatic carbocycles. The zero-order valence-corrected chi connectivity index (χ0v) is 5.24. The molecule has 0 radical (unpaired) electrons. The van der Waals surface area contributed by atoms with Crippen LogP contribution in [0.25, 0.3) is 0 Å². The zero-order chi connectivity index (χ0) is 7.40. The summed E-state index contributed by atoms with van der Waals surface area (Å²) in [7, 11) is 0. The van der Waals surface area contributed by atoms with Gasteiger partial charge in [-0.25, -0.2) is 0 Å². The van der Waals surface area contributed by atoms with Crippen molar-refractivity contribution in [3.05, 3.63) is 24.0 Å². The normalized spacial score (nSPS) is 10.4. The Kier molecular flexibility index (Phi) is 1.84. The van der Waals surface area contributed by atoms with Crippen LogP contribution >= 0.6 is 0 Å². The van der Waals surface area contributed by atoms with E-state index in [0.29, 0.717) is 5.69 Å². The molecule has 0 spiro atoms. The third-order valence-electron chi connectivity index (χ3n) is 1.02. The van der Waals surface area contributed by atoms with Crippen LogP contribution in [0.5, 0.6) is 0 Å². The van der Waals surface area contributed by atoms with Crippen LogP contribution in [0, 0.1) is 0 Å². The van der Waals surface area contributed by atoms with Crippen molar-refractivity contribution in [1.82, 2.24) is 4.98 Å². The maximum absolute atomic E-state index is 10.8. The van der Waals surface area contributed by atoms with Crippen LogP contribution in [0.1, 0.15) is 10.5 Å². The Balaban J connectivity index is 2.78. The van der Waals surface area contributed by atoms with Gasteiger partial charge in [0.05, 0.1) is 6.34 Å². The molecule has 4 heteroatoms. The summed E-state index contributed by atoms with van der Waals surface area (Å²) in [6, 6.07) is 3.36. The Labute approximate surface area is 57.8 Å². The molecule has 1 amide bonds. The first-order chi connectivity index (χ1) is 4.84. The van der Waals surface area contributed by atoms with Crippen molar-refractivity contribution >= 4 is 12.2 Å². The van der Waals surface area contributed by atoms with Gasteiger partial charge < -0.3 is 10.7 Å². The summed E-state index contributed by atoms with van der Waals surface area (Å²) in [6.45, 7) is 0. The van der Waals surface area contributed by atoms with Crippen LogP contribution in [0.4, 0.5) is 0 Å². The van der Waals surface area contributed by atoms with E-state index in [4.69, 9.17) is 5.73 Å². The third-order valence-corrected chi connectivity index (χ3v) is 1.02. The van der Waals surface area contributed by atoms with Gasteiger partial charge in [0.15, 0.2) is 0 Å². The number of rotatable bonds is 1. The van der Waals surface area contributed by atoms with Crippen LogP contribution in [0.15, 0.2) is 23.3 Å². The number of carbonyl (C=O) groups is 1. The summed E-state index contributed by atoms with van der Waals surface area (Å²) in [4.78, 5) is 16.8. The number of nitrogens with one attached hydrogen (secondary N) is 1. The maximum Gasteiger partial charge on any atom is 0.294 e. The number of aliphatic imine (C=N–C) groups is 1. The van der Waals surface area contributed by atoms with Crippen molar-refractivity contribution in [2.24, 2.45) is 10.7 Å². The van der Waals surface area contributed by atoms with Gasteiger partial charge in [0.2, 0.25) is 0 Å². The number of aromatic amines is 1. The molecule has 0 fully saturated rings. The molecule has 0 bridgehead atoms. The van der Waals surface area contributed by atoms with Crippen molar-refractivity contribution in [1.29, 1.82) is 0 Å². The topological polar surface area (TPSA) is 71.2 Å². The molecule has 1 aromatic rings. The molecule has 4 nitrogen and oxygen atoms in total. The van der Waals surface area contributed by atoms with E-state index in [9.17, 15) is 4.79 Å². The molecule has 0 atom stereocenters. The second-order valence-electron chi connectivity index (χ2n) is 1.67. The van der Waals surface area contributed by atoms with Crippen LogP contribution < -0.4 is 5.73 Å². The van der Waals surface area contributed by atoms with Crippen LogP contribution in [-0.4, -0.2) is 17.2 Å². The Morgan fingerprint density at radius 2 is 2.60 bits per heavy atom. The van der Waals surface area contributed by atoms with Gasteiger partial charge in [-0.05, 0) is 12.1 Å². The van der Waals surface area contributed by atoms with E-state index >= 15 is 0 Å². The van der Waals surface area contributed by atoms with Crippen LogP contribution in [0.3, 0.4) is 0 Å². The summed E-state index contributed by atoms with van der Waals surface area (Å²) in [5.41, 5.74) is 5.36. The number of H-pyrrole nitrogens is 1. The van der Waals surface area contributed by atoms with Crippen molar-refractivity contribution in [2.45, 2.75) is 0 Å². The Morgan fingerprint density at radius 1 is 1.80 bits per heavy atom. The fourth-order valence-corrected chi connectivity index (χ4v) is 0.601. The number of nitrogens with zero attached hydrogens (tertiary/aromatic N) is 1. The summed E-state index contributed by atoms with van der Waals surface area (Å²) in [6.07, 6.45) is 2.63. The molecular formula is C6H7N3O. The predicted molar refractivity (Wildman–Crippen MR) is 37.8 cm³/mol.